The van der Waals surface area contributed by atoms with Gasteiger partial charge in [0.1, 0.15) is 17.6 Å². The van der Waals surface area contributed by atoms with Crippen molar-refractivity contribution in [1.82, 2.24) is 14.3 Å². The zero-order valence-corrected chi connectivity index (χ0v) is 20.7. The Morgan fingerprint density at radius 3 is 2.60 bits per heavy atom. The van der Waals surface area contributed by atoms with Gasteiger partial charge in [-0.2, -0.15) is 5.10 Å². The molecule has 8 nitrogen and oxygen atoms in total. The molecule has 0 spiro atoms. The predicted octanol–water partition coefficient (Wildman–Crippen LogP) is 3.30. The fourth-order valence-electron chi connectivity index (χ4n) is 4.26. The van der Waals surface area contributed by atoms with E-state index in [4.69, 9.17) is 4.42 Å². The molecule has 0 radical (unpaired) electrons. The Balaban J connectivity index is 1.67. The lowest BCUT2D eigenvalue weighted by Gasteiger charge is -2.23. The number of hydrogen-bond acceptors (Lipinski definition) is 6. The van der Waals surface area contributed by atoms with Crippen LogP contribution in [0.15, 0.2) is 74.1 Å². The predicted molar refractivity (Wildman–Crippen MR) is 135 cm³/mol. The number of fused-ring (bicyclic) bond motifs is 1. The van der Waals surface area contributed by atoms with Crippen LogP contribution >= 0.6 is 11.3 Å². The second-order valence-electron chi connectivity index (χ2n) is 8.35. The van der Waals surface area contributed by atoms with E-state index >= 15 is 0 Å². The maximum Gasteiger partial charge on any atom is 0.271 e. The van der Waals surface area contributed by atoms with Gasteiger partial charge in [-0.1, -0.05) is 29.5 Å². The molecular weight excluding hydrogens is 462 g/mol. The zero-order valence-electron chi connectivity index (χ0n) is 19.9. The molecule has 0 aliphatic carbocycles. The molecule has 3 aromatic heterocycles. The smallest absolute Gasteiger partial charge is 0.271 e. The van der Waals surface area contributed by atoms with Crippen LogP contribution in [0.5, 0.6) is 0 Å². The number of anilines is 1. The van der Waals surface area contributed by atoms with Gasteiger partial charge in [-0.15, -0.1) is 0 Å². The Morgan fingerprint density at radius 2 is 1.94 bits per heavy atom. The van der Waals surface area contributed by atoms with Crippen molar-refractivity contribution >= 4 is 29.0 Å². The number of hydrogen-bond donors (Lipinski definition) is 1. The van der Waals surface area contributed by atoms with Gasteiger partial charge in [0.05, 0.1) is 22.0 Å². The van der Waals surface area contributed by atoms with Gasteiger partial charge in [-0.3, -0.25) is 18.8 Å². The van der Waals surface area contributed by atoms with Gasteiger partial charge in [0.2, 0.25) is 0 Å². The quantitative estimate of drug-likeness (QED) is 0.467. The highest BCUT2D eigenvalue weighted by Gasteiger charge is 2.34. The van der Waals surface area contributed by atoms with E-state index < -0.39 is 6.04 Å². The monoisotopic (exact) mass is 487 g/mol. The molecule has 9 heteroatoms. The molecule has 4 aromatic rings. The molecule has 1 atom stereocenters. The van der Waals surface area contributed by atoms with E-state index in [1.807, 2.05) is 67.9 Å². The molecule has 0 bridgehead atoms. The van der Waals surface area contributed by atoms with Crippen LogP contribution in [0.3, 0.4) is 0 Å². The van der Waals surface area contributed by atoms with Crippen LogP contribution in [-0.4, -0.2) is 20.3 Å². The first-order valence-electron chi connectivity index (χ1n) is 11.3. The van der Waals surface area contributed by atoms with Crippen molar-refractivity contribution in [3.8, 4) is 0 Å². The first-order valence-corrected chi connectivity index (χ1v) is 12.2. The first-order chi connectivity index (χ1) is 16.9. The highest BCUT2D eigenvalue weighted by atomic mass is 32.1. The summed E-state index contributed by atoms with van der Waals surface area (Å²) in [7, 11) is 0. The molecule has 5 rings (SSSR count). The van der Waals surface area contributed by atoms with Crippen LogP contribution in [-0.2, 0) is 11.3 Å². The van der Waals surface area contributed by atoms with Crippen molar-refractivity contribution in [1.29, 1.82) is 0 Å². The fourth-order valence-corrected chi connectivity index (χ4v) is 5.30. The Bertz CT molecular complexity index is 1640. The summed E-state index contributed by atoms with van der Waals surface area (Å²) < 4.78 is 9.90. The molecule has 178 valence electrons. The average molecular weight is 488 g/mol. The second kappa shape index (κ2) is 8.99. The third-order valence-corrected chi connectivity index (χ3v) is 7.04. The molecule has 0 unspecified atom stereocenters. The van der Waals surface area contributed by atoms with Gasteiger partial charge in [0.15, 0.2) is 4.80 Å². The largest absolute Gasteiger partial charge is 0.464 e. The van der Waals surface area contributed by atoms with Crippen LogP contribution in [0, 0.1) is 13.8 Å². The van der Waals surface area contributed by atoms with Gasteiger partial charge in [0.25, 0.3) is 11.5 Å². The Morgan fingerprint density at radius 1 is 1.17 bits per heavy atom. The number of thiazole rings is 1. The summed E-state index contributed by atoms with van der Waals surface area (Å²) in [5.41, 5.74) is 3.20. The standard InChI is InChI=1S/C26H25N5O3S/c1-5-30-17(4)18(14-27-30)13-21-25(33)31-23(20-12-11-15(2)34-20)22(16(3)28-26(31)35-21)24(32)29-19-9-7-6-8-10-19/h6-14,23H,5H2,1-4H3,(H,29,32)/b21-13+/t23-/m1/s1. The summed E-state index contributed by atoms with van der Waals surface area (Å²) in [5.74, 6) is 0.880. The number of benzene rings is 1. The van der Waals surface area contributed by atoms with Crippen molar-refractivity contribution in [3.63, 3.8) is 0 Å². The van der Waals surface area contributed by atoms with E-state index in [-0.39, 0.29) is 11.5 Å². The molecule has 1 aliphatic rings. The number of amides is 1. The number of allylic oxidation sites excluding steroid dienone is 1. The van der Waals surface area contributed by atoms with E-state index in [2.05, 4.69) is 15.4 Å². The summed E-state index contributed by atoms with van der Waals surface area (Å²) in [5, 5.41) is 7.31. The lowest BCUT2D eigenvalue weighted by atomic mass is 10.00. The molecule has 35 heavy (non-hydrogen) atoms. The summed E-state index contributed by atoms with van der Waals surface area (Å²) in [6.07, 6.45) is 3.60. The van der Waals surface area contributed by atoms with Gasteiger partial charge in [-0.05, 0) is 58.0 Å². The summed E-state index contributed by atoms with van der Waals surface area (Å²) in [6.45, 7) is 8.37. The molecule has 0 saturated heterocycles. The number of furan rings is 1. The van der Waals surface area contributed by atoms with E-state index in [1.54, 1.807) is 23.8 Å². The lowest BCUT2D eigenvalue weighted by Crippen LogP contribution is -2.40. The lowest BCUT2D eigenvalue weighted by molar-refractivity contribution is -0.113. The fraction of sp³-hybridized carbons (Fsp3) is 0.231. The maximum absolute atomic E-state index is 13.7. The van der Waals surface area contributed by atoms with Crippen LogP contribution in [0.4, 0.5) is 5.69 Å². The highest BCUT2D eigenvalue weighted by Crippen LogP contribution is 2.31. The van der Waals surface area contributed by atoms with Gasteiger partial charge in [0, 0.05) is 23.5 Å². The van der Waals surface area contributed by atoms with Crippen molar-refractivity contribution in [2.75, 3.05) is 5.32 Å². The number of carbonyl (C=O) groups is 1. The van der Waals surface area contributed by atoms with Crippen molar-refractivity contribution in [2.45, 2.75) is 40.3 Å². The van der Waals surface area contributed by atoms with Crippen LogP contribution in [0.1, 0.15) is 42.7 Å². The first kappa shape index (κ1) is 22.8. The minimum atomic E-state index is -0.731. The SMILES string of the molecule is CCn1ncc(/C=c2/sc3n(c2=O)[C@H](c2ccc(C)o2)C(C(=O)Nc2ccccc2)=C(C)N=3)c1C. The molecular formula is C26H25N5O3S. The Hall–Kier alpha value is -3.98. The third kappa shape index (κ3) is 4.08. The van der Waals surface area contributed by atoms with E-state index in [9.17, 15) is 9.59 Å². The van der Waals surface area contributed by atoms with E-state index in [1.165, 1.54) is 11.3 Å². The van der Waals surface area contributed by atoms with Gasteiger partial charge < -0.3 is 9.73 Å². The molecule has 1 aliphatic heterocycles. The summed E-state index contributed by atoms with van der Waals surface area (Å²) in [6, 6.07) is 12.1. The Labute approximate surface area is 205 Å². The number of rotatable bonds is 5. The van der Waals surface area contributed by atoms with Crippen molar-refractivity contribution in [3.05, 3.63) is 102 Å². The minimum absolute atomic E-state index is 0.228. The third-order valence-electron chi connectivity index (χ3n) is 6.06. The van der Waals surface area contributed by atoms with E-state index in [0.717, 1.165) is 17.8 Å². The topological polar surface area (TPSA) is 94.4 Å². The number of para-hydroxylation sites is 1. The molecule has 1 amide bonds. The molecule has 4 heterocycles. The Kier molecular flexibility index (Phi) is 5.86. The van der Waals surface area contributed by atoms with Gasteiger partial charge >= 0.3 is 0 Å². The second-order valence-corrected chi connectivity index (χ2v) is 9.36. The average Bonchev–Trinajstić information content (AvgIpc) is 3.51. The number of nitrogens with zero attached hydrogens (tertiary/aromatic N) is 4. The van der Waals surface area contributed by atoms with Crippen LogP contribution < -0.4 is 20.2 Å². The maximum atomic E-state index is 13.7. The summed E-state index contributed by atoms with van der Waals surface area (Å²) >= 11 is 1.29. The van der Waals surface area contributed by atoms with E-state index in [0.29, 0.717) is 37.8 Å². The van der Waals surface area contributed by atoms with Crippen LogP contribution in [0.25, 0.3) is 6.08 Å². The van der Waals surface area contributed by atoms with Gasteiger partial charge in [-0.25, -0.2) is 4.99 Å². The number of carbonyl (C=O) groups excluding carboxylic acids is 1. The minimum Gasteiger partial charge on any atom is -0.464 e. The normalized spacial score (nSPS) is 15.8. The van der Waals surface area contributed by atoms with Crippen molar-refractivity contribution < 1.29 is 9.21 Å². The van der Waals surface area contributed by atoms with Crippen LogP contribution in [0.2, 0.25) is 0 Å². The summed E-state index contributed by atoms with van der Waals surface area (Å²) in [4.78, 5) is 32.3. The molecule has 0 fully saturated rings. The van der Waals surface area contributed by atoms with Crippen molar-refractivity contribution in [2.24, 2.45) is 4.99 Å². The zero-order chi connectivity index (χ0) is 24.7. The molecule has 1 aromatic carbocycles. The number of aryl methyl sites for hydroxylation is 2. The number of nitrogens with one attached hydrogen (secondary N) is 1. The number of aromatic nitrogens is 3. The molecule has 0 saturated carbocycles. The molecule has 1 N–H and O–H groups in total. The highest BCUT2D eigenvalue weighted by molar-refractivity contribution is 7.07.